The van der Waals surface area contributed by atoms with Gasteiger partial charge in [-0.15, -0.1) is 0 Å². The molecule has 8 heteroatoms. The highest BCUT2D eigenvalue weighted by atomic mass is 16.5. The molecule has 1 aliphatic rings. The normalized spacial score (nSPS) is 16.2. The molecule has 1 aromatic rings. The van der Waals surface area contributed by atoms with Crippen LogP contribution in [-0.2, 0) is 14.3 Å². The van der Waals surface area contributed by atoms with Gasteiger partial charge in [0.15, 0.2) is 6.10 Å². The lowest BCUT2D eigenvalue weighted by molar-refractivity contribution is -0.159. The van der Waals surface area contributed by atoms with Crippen LogP contribution in [0.15, 0.2) is 18.5 Å². The summed E-state index contributed by atoms with van der Waals surface area (Å²) in [6.45, 7) is 6.13. The van der Waals surface area contributed by atoms with E-state index in [0.29, 0.717) is 45.0 Å². The Kier molecular flexibility index (Phi) is 10.5. The van der Waals surface area contributed by atoms with E-state index in [9.17, 15) is 14.7 Å². The molecule has 0 saturated carbocycles. The maximum Gasteiger partial charge on any atom is 0.306 e. The fourth-order valence-electron chi connectivity index (χ4n) is 3.56. The quantitative estimate of drug-likeness (QED) is 0.410. The van der Waals surface area contributed by atoms with Crippen molar-refractivity contribution in [1.29, 1.82) is 0 Å². The van der Waals surface area contributed by atoms with Crippen LogP contribution in [0.2, 0.25) is 0 Å². The van der Waals surface area contributed by atoms with E-state index in [4.69, 9.17) is 4.74 Å². The lowest BCUT2D eigenvalue weighted by atomic mass is 10.0. The number of hydrogen-bond acceptors (Lipinski definition) is 7. The van der Waals surface area contributed by atoms with E-state index < -0.39 is 18.2 Å². The average Bonchev–Trinajstić information content (AvgIpc) is 2.77. The summed E-state index contributed by atoms with van der Waals surface area (Å²) in [5, 5.41) is 10.0. The molecule has 8 nitrogen and oxygen atoms in total. The molecule has 1 aromatic heterocycles. The molecule has 0 bridgehead atoms. The Labute approximate surface area is 179 Å². The molecule has 1 saturated heterocycles. The first-order valence-corrected chi connectivity index (χ1v) is 11.2. The number of aromatic nitrogens is 2. The van der Waals surface area contributed by atoms with Crippen LogP contribution in [0.5, 0.6) is 0 Å². The number of anilines is 1. The molecular formula is C22H36N4O4. The number of carbonyl (C=O) groups is 2. The molecule has 1 aliphatic heterocycles. The third-order valence-electron chi connectivity index (χ3n) is 5.40. The number of ether oxygens (including phenoxy) is 1. The first-order valence-electron chi connectivity index (χ1n) is 11.2. The van der Waals surface area contributed by atoms with E-state index in [1.807, 2.05) is 4.90 Å². The van der Waals surface area contributed by atoms with Crippen LogP contribution >= 0.6 is 0 Å². The van der Waals surface area contributed by atoms with Crippen LogP contribution in [0.3, 0.4) is 0 Å². The van der Waals surface area contributed by atoms with Crippen LogP contribution in [0.1, 0.15) is 65.2 Å². The minimum Gasteiger partial charge on any atom is -0.453 e. The van der Waals surface area contributed by atoms with Gasteiger partial charge in [0.2, 0.25) is 5.95 Å². The minimum absolute atomic E-state index is 0.132. The monoisotopic (exact) mass is 420 g/mol. The zero-order chi connectivity index (χ0) is 21.8. The summed E-state index contributed by atoms with van der Waals surface area (Å²) >= 11 is 0. The number of rotatable bonds is 12. The maximum absolute atomic E-state index is 12.6. The summed E-state index contributed by atoms with van der Waals surface area (Å²) in [7, 11) is 0. The number of carbonyl (C=O) groups excluding carboxylic acids is 2. The Hall–Kier alpha value is -2.22. The Bertz CT molecular complexity index is 635. The number of amides is 1. The largest absolute Gasteiger partial charge is 0.453 e. The highest BCUT2D eigenvalue weighted by Crippen LogP contribution is 2.13. The van der Waals surface area contributed by atoms with Gasteiger partial charge in [0.1, 0.15) is 0 Å². The molecule has 2 atom stereocenters. The maximum atomic E-state index is 12.6. The van der Waals surface area contributed by atoms with Gasteiger partial charge in [0.05, 0.1) is 6.10 Å². The van der Waals surface area contributed by atoms with E-state index >= 15 is 0 Å². The number of nitrogens with zero attached hydrogens (tertiary/aromatic N) is 4. The summed E-state index contributed by atoms with van der Waals surface area (Å²) in [4.78, 5) is 36.9. The summed E-state index contributed by atoms with van der Waals surface area (Å²) in [6.07, 6.45) is 9.02. The Morgan fingerprint density at radius 1 is 1.07 bits per heavy atom. The van der Waals surface area contributed by atoms with Crippen LogP contribution in [0.25, 0.3) is 0 Å². The number of piperazine rings is 1. The first kappa shape index (κ1) is 24.1. The highest BCUT2D eigenvalue weighted by molar-refractivity contribution is 5.83. The fraction of sp³-hybridized carbons (Fsp3) is 0.727. The Morgan fingerprint density at radius 2 is 1.73 bits per heavy atom. The van der Waals surface area contributed by atoms with Gasteiger partial charge in [-0.05, 0) is 25.8 Å². The number of hydrogen-bond donors (Lipinski definition) is 1. The van der Waals surface area contributed by atoms with Crippen molar-refractivity contribution in [1.82, 2.24) is 14.9 Å². The van der Waals surface area contributed by atoms with Gasteiger partial charge in [0, 0.05) is 45.0 Å². The molecule has 1 fully saturated rings. The molecule has 2 unspecified atom stereocenters. The zero-order valence-corrected chi connectivity index (χ0v) is 18.3. The van der Waals surface area contributed by atoms with Crippen LogP contribution in [0.4, 0.5) is 5.95 Å². The van der Waals surface area contributed by atoms with E-state index in [2.05, 4.69) is 16.9 Å². The molecule has 30 heavy (non-hydrogen) atoms. The van der Waals surface area contributed by atoms with Gasteiger partial charge in [0.25, 0.3) is 5.91 Å². The molecule has 1 N–H and O–H groups in total. The predicted octanol–water partition coefficient (Wildman–Crippen LogP) is 2.56. The molecule has 0 aliphatic carbocycles. The topological polar surface area (TPSA) is 95.9 Å². The fourth-order valence-corrected chi connectivity index (χ4v) is 3.56. The Morgan fingerprint density at radius 3 is 2.40 bits per heavy atom. The number of esters is 1. The van der Waals surface area contributed by atoms with Gasteiger partial charge in [-0.3, -0.25) is 9.59 Å². The summed E-state index contributed by atoms with van der Waals surface area (Å²) in [6, 6.07) is 1.77. The zero-order valence-electron chi connectivity index (χ0n) is 18.3. The molecule has 0 radical (unpaired) electrons. The van der Waals surface area contributed by atoms with Gasteiger partial charge in [-0.2, -0.15) is 0 Å². The van der Waals surface area contributed by atoms with E-state index in [-0.39, 0.29) is 12.3 Å². The second kappa shape index (κ2) is 13.2. The Balaban J connectivity index is 1.63. The van der Waals surface area contributed by atoms with Crippen molar-refractivity contribution >= 4 is 17.8 Å². The molecule has 2 heterocycles. The third-order valence-corrected chi connectivity index (χ3v) is 5.40. The average molecular weight is 421 g/mol. The second-order valence-corrected chi connectivity index (χ2v) is 7.89. The van der Waals surface area contributed by atoms with Crippen molar-refractivity contribution in [2.24, 2.45) is 0 Å². The second-order valence-electron chi connectivity index (χ2n) is 7.89. The number of aliphatic hydroxyl groups is 1. The first-order chi connectivity index (χ1) is 14.5. The van der Waals surface area contributed by atoms with Crippen molar-refractivity contribution in [3.63, 3.8) is 0 Å². The molecular weight excluding hydrogens is 384 g/mol. The highest BCUT2D eigenvalue weighted by Gasteiger charge is 2.27. The number of unbranched alkanes of at least 4 members (excludes halogenated alkanes) is 4. The minimum atomic E-state index is -0.816. The molecule has 0 aromatic carbocycles. The van der Waals surface area contributed by atoms with Gasteiger partial charge in [-0.1, -0.05) is 39.0 Å². The lowest BCUT2D eigenvalue weighted by Gasteiger charge is -2.35. The summed E-state index contributed by atoms with van der Waals surface area (Å²) in [5.74, 6) is 0.0404. The van der Waals surface area contributed by atoms with Crippen LogP contribution < -0.4 is 4.90 Å². The van der Waals surface area contributed by atoms with Gasteiger partial charge in [-0.25, -0.2) is 9.97 Å². The molecule has 2 rings (SSSR count). The van der Waals surface area contributed by atoms with Crippen molar-refractivity contribution in [2.45, 2.75) is 77.4 Å². The van der Waals surface area contributed by atoms with Gasteiger partial charge < -0.3 is 19.6 Å². The standard InChI is InChI=1S/C22H36N4O4/c1-3-4-5-6-7-9-19(27)10-11-20(28)30-18(2)21(29)25-14-16-26(17-15-25)22-23-12-8-13-24-22/h8,12-13,18-19,27H,3-7,9-11,14-17H2,1-2H3. The third kappa shape index (κ3) is 8.26. The van der Waals surface area contributed by atoms with Crippen molar-refractivity contribution in [3.8, 4) is 0 Å². The van der Waals surface area contributed by atoms with E-state index in [0.717, 1.165) is 12.8 Å². The lowest BCUT2D eigenvalue weighted by Crippen LogP contribution is -2.52. The van der Waals surface area contributed by atoms with Crippen molar-refractivity contribution in [3.05, 3.63) is 18.5 Å². The SMILES string of the molecule is CCCCCCCC(O)CCC(=O)OC(C)C(=O)N1CCN(c2ncccn2)CC1. The van der Waals surface area contributed by atoms with Gasteiger partial charge >= 0.3 is 5.97 Å². The van der Waals surface area contributed by atoms with Crippen LogP contribution in [0, 0.1) is 0 Å². The van der Waals surface area contributed by atoms with Crippen LogP contribution in [-0.4, -0.2) is 70.2 Å². The smallest absolute Gasteiger partial charge is 0.306 e. The summed E-state index contributed by atoms with van der Waals surface area (Å²) < 4.78 is 5.31. The van der Waals surface area contributed by atoms with E-state index in [1.54, 1.807) is 30.3 Å². The molecule has 168 valence electrons. The summed E-state index contributed by atoms with van der Waals surface area (Å²) in [5.41, 5.74) is 0. The molecule has 1 amide bonds. The van der Waals surface area contributed by atoms with Crippen molar-refractivity contribution < 1.29 is 19.4 Å². The number of aliphatic hydroxyl groups excluding tert-OH is 1. The van der Waals surface area contributed by atoms with E-state index in [1.165, 1.54) is 19.3 Å². The molecule has 0 spiro atoms. The van der Waals surface area contributed by atoms with Crippen molar-refractivity contribution in [2.75, 3.05) is 31.1 Å². The predicted molar refractivity (Wildman–Crippen MR) is 115 cm³/mol.